The third-order valence-corrected chi connectivity index (χ3v) is 6.70. The maximum absolute atomic E-state index is 13.0. The molecule has 0 aliphatic carbocycles. The van der Waals surface area contributed by atoms with E-state index in [1.807, 2.05) is 91.0 Å². The highest BCUT2D eigenvalue weighted by molar-refractivity contribution is 6.04. The van der Waals surface area contributed by atoms with Gasteiger partial charge in [-0.25, -0.2) is 9.59 Å². The Morgan fingerprint density at radius 3 is 1.43 bits per heavy atom. The lowest BCUT2D eigenvalue weighted by Gasteiger charge is -2.25. The quantitative estimate of drug-likeness (QED) is 0.0547. The molecule has 0 aliphatic rings. The molecule has 0 aromatic heterocycles. The first-order chi connectivity index (χ1) is 21.4. The Morgan fingerprint density at radius 1 is 0.591 bits per heavy atom. The van der Waals surface area contributed by atoms with Crippen LogP contribution in [-0.4, -0.2) is 68.8 Å². The summed E-state index contributed by atoms with van der Waals surface area (Å²) in [5.74, 6) is -2.14. The summed E-state index contributed by atoms with van der Waals surface area (Å²) < 4.78 is 16.1. The van der Waals surface area contributed by atoms with Crippen molar-refractivity contribution < 1.29 is 28.6 Å². The van der Waals surface area contributed by atoms with Crippen LogP contribution in [0.25, 0.3) is 0 Å². The highest BCUT2D eigenvalue weighted by Crippen LogP contribution is 2.15. The number of carbonyl (C=O) groups excluding carboxylic acids is 3. The molecule has 1 unspecified atom stereocenters. The highest BCUT2D eigenvalue weighted by atomic mass is 16.6. The predicted molar refractivity (Wildman–Crippen MR) is 167 cm³/mol. The molecular formula is C33H43N5O6. The van der Waals surface area contributed by atoms with Crippen molar-refractivity contribution in [3.8, 4) is 0 Å². The van der Waals surface area contributed by atoms with Gasteiger partial charge in [-0.2, -0.15) is 0 Å². The SMILES string of the molecule is NC(CNCCNCCNCCC(N)(C(=O)OCc1ccccc1)C(=O)OCc1ccccc1)C(=O)OCc1ccccc1. The summed E-state index contributed by atoms with van der Waals surface area (Å²) in [6.07, 6.45) is -0.00589. The molecule has 0 aliphatic heterocycles. The van der Waals surface area contributed by atoms with E-state index in [0.29, 0.717) is 32.7 Å². The van der Waals surface area contributed by atoms with Crippen molar-refractivity contribution in [1.29, 1.82) is 0 Å². The largest absolute Gasteiger partial charge is 0.460 e. The van der Waals surface area contributed by atoms with E-state index in [1.54, 1.807) is 0 Å². The maximum atomic E-state index is 13.0. The van der Waals surface area contributed by atoms with Crippen LogP contribution in [0.15, 0.2) is 91.0 Å². The summed E-state index contributed by atoms with van der Waals surface area (Å²) in [5, 5.41) is 9.58. The number of esters is 3. The molecule has 0 fully saturated rings. The Kier molecular flexibility index (Phi) is 15.0. The number of rotatable bonds is 20. The van der Waals surface area contributed by atoms with E-state index in [0.717, 1.165) is 16.7 Å². The Labute approximate surface area is 258 Å². The van der Waals surface area contributed by atoms with E-state index in [1.165, 1.54) is 0 Å². The van der Waals surface area contributed by atoms with Crippen molar-refractivity contribution in [1.82, 2.24) is 16.0 Å². The van der Waals surface area contributed by atoms with Gasteiger partial charge in [0, 0.05) is 32.7 Å². The zero-order valence-electron chi connectivity index (χ0n) is 24.9. The van der Waals surface area contributed by atoms with Crippen LogP contribution in [-0.2, 0) is 48.4 Å². The average Bonchev–Trinajstić information content (AvgIpc) is 3.06. The van der Waals surface area contributed by atoms with Crippen molar-refractivity contribution in [3.63, 3.8) is 0 Å². The fraction of sp³-hybridized carbons (Fsp3) is 0.364. The minimum Gasteiger partial charge on any atom is -0.460 e. The molecule has 1 atom stereocenters. The Hall–Kier alpha value is -4.13. The van der Waals surface area contributed by atoms with Crippen molar-refractivity contribution in [2.45, 2.75) is 37.8 Å². The molecule has 0 heterocycles. The molecule has 0 amide bonds. The molecular weight excluding hydrogens is 562 g/mol. The molecule has 3 rings (SSSR count). The first-order valence-electron chi connectivity index (χ1n) is 14.7. The van der Waals surface area contributed by atoms with Crippen LogP contribution in [0.1, 0.15) is 23.1 Å². The smallest absolute Gasteiger partial charge is 0.338 e. The zero-order chi connectivity index (χ0) is 31.5. The summed E-state index contributed by atoms with van der Waals surface area (Å²) in [5.41, 5.74) is 12.8. The topological polar surface area (TPSA) is 167 Å². The van der Waals surface area contributed by atoms with Gasteiger partial charge < -0.3 is 41.6 Å². The lowest BCUT2D eigenvalue weighted by Crippen LogP contribution is -2.57. The fourth-order valence-electron chi connectivity index (χ4n) is 4.06. The molecule has 0 spiro atoms. The monoisotopic (exact) mass is 605 g/mol. The van der Waals surface area contributed by atoms with Gasteiger partial charge in [-0.05, 0) is 29.7 Å². The number of ether oxygens (including phenoxy) is 3. The molecule has 3 aromatic carbocycles. The van der Waals surface area contributed by atoms with Crippen molar-refractivity contribution in [2.75, 3.05) is 39.3 Å². The molecule has 0 bridgehead atoms. The van der Waals surface area contributed by atoms with Crippen LogP contribution in [0.2, 0.25) is 0 Å². The van der Waals surface area contributed by atoms with Crippen LogP contribution < -0.4 is 27.4 Å². The minimum absolute atomic E-state index is 0.00422. The fourth-order valence-corrected chi connectivity index (χ4v) is 4.06. The number of carbonyl (C=O) groups is 3. The zero-order valence-corrected chi connectivity index (χ0v) is 24.9. The molecule has 236 valence electrons. The van der Waals surface area contributed by atoms with E-state index in [9.17, 15) is 14.4 Å². The molecule has 3 aromatic rings. The normalized spacial score (nSPS) is 11.9. The number of hydrogen-bond acceptors (Lipinski definition) is 11. The molecule has 44 heavy (non-hydrogen) atoms. The second-order valence-corrected chi connectivity index (χ2v) is 10.2. The van der Waals surface area contributed by atoms with Crippen molar-refractivity contribution in [2.24, 2.45) is 11.5 Å². The predicted octanol–water partition coefficient (Wildman–Crippen LogP) is 1.40. The van der Waals surface area contributed by atoms with Gasteiger partial charge in [0.15, 0.2) is 0 Å². The van der Waals surface area contributed by atoms with E-state index in [-0.39, 0.29) is 32.8 Å². The third kappa shape index (κ3) is 12.2. The van der Waals surface area contributed by atoms with E-state index in [2.05, 4.69) is 16.0 Å². The maximum Gasteiger partial charge on any atom is 0.338 e. The van der Waals surface area contributed by atoms with Gasteiger partial charge in [0.25, 0.3) is 0 Å². The first-order valence-corrected chi connectivity index (χ1v) is 14.7. The lowest BCUT2D eigenvalue weighted by atomic mass is 9.96. The van der Waals surface area contributed by atoms with Crippen LogP contribution in [0.4, 0.5) is 0 Å². The van der Waals surface area contributed by atoms with Crippen LogP contribution in [0, 0.1) is 0 Å². The number of nitrogens with two attached hydrogens (primary N) is 2. The summed E-state index contributed by atoms with van der Waals surface area (Å²) in [7, 11) is 0. The van der Waals surface area contributed by atoms with Crippen LogP contribution in [0.3, 0.4) is 0 Å². The van der Waals surface area contributed by atoms with Gasteiger partial charge in [-0.1, -0.05) is 91.0 Å². The van der Waals surface area contributed by atoms with E-state index in [4.69, 9.17) is 25.7 Å². The molecule has 0 saturated heterocycles. The summed E-state index contributed by atoms with van der Waals surface area (Å²) >= 11 is 0. The Morgan fingerprint density at radius 2 is 0.977 bits per heavy atom. The van der Waals surface area contributed by atoms with Crippen LogP contribution >= 0.6 is 0 Å². The lowest BCUT2D eigenvalue weighted by molar-refractivity contribution is -0.166. The van der Waals surface area contributed by atoms with Gasteiger partial charge in [-0.3, -0.25) is 4.79 Å². The van der Waals surface area contributed by atoms with E-state index < -0.39 is 29.5 Å². The van der Waals surface area contributed by atoms with Gasteiger partial charge >= 0.3 is 17.9 Å². The van der Waals surface area contributed by atoms with Gasteiger partial charge in [0.05, 0.1) is 0 Å². The third-order valence-electron chi connectivity index (χ3n) is 6.70. The van der Waals surface area contributed by atoms with E-state index >= 15 is 0 Å². The molecule has 7 N–H and O–H groups in total. The summed E-state index contributed by atoms with van der Waals surface area (Å²) in [6.45, 7) is 3.21. The van der Waals surface area contributed by atoms with Gasteiger partial charge in [0.1, 0.15) is 25.9 Å². The standard InChI is InChI=1S/C33H43N5O6/c34-29(30(39)42-23-26-10-4-1-5-11-26)22-38-21-20-37-19-18-36-17-16-33(35,31(40)43-24-27-12-6-2-7-13-27)32(41)44-25-28-14-8-3-9-15-28/h1-15,29,36-38H,16-25,34-35H2. The van der Waals surface area contributed by atoms with Gasteiger partial charge in [-0.15, -0.1) is 0 Å². The number of hydrogen-bond donors (Lipinski definition) is 5. The number of nitrogens with one attached hydrogen (secondary N) is 3. The second-order valence-electron chi connectivity index (χ2n) is 10.2. The second kappa shape index (κ2) is 19.2. The van der Waals surface area contributed by atoms with Crippen LogP contribution in [0.5, 0.6) is 0 Å². The minimum atomic E-state index is -1.96. The summed E-state index contributed by atoms with van der Waals surface area (Å²) in [6, 6.07) is 27.0. The molecule has 11 heteroatoms. The average molecular weight is 606 g/mol. The van der Waals surface area contributed by atoms with Gasteiger partial charge in [0.2, 0.25) is 5.54 Å². The molecule has 0 saturated carbocycles. The van der Waals surface area contributed by atoms with Crippen molar-refractivity contribution >= 4 is 17.9 Å². The molecule has 11 nitrogen and oxygen atoms in total. The highest BCUT2D eigenvalue weighted by Gasteiger charge is 2.45. The molecule has 0 radical (unpaired) electrons. The summed E-state index contributed by atoms with van der Waals surface area (Å²) in [4.78, 5) is 38.1. The number of benzene rings is 3. The Bertz CT molecular complexity index is 1210. The first kappa shape index (κ1) is 34.4. The Balaban J connectivity index is 1.32. The van der Waals surface area contributed by atoms with Crippen molar-refractivity contribution in [3.05, 3.63) is 108 Å².